The highest BCUT2D eigenvalue weighted by Crippen LogP contribution is 2.39. The van der Waals surface area contributed by atoms with Gasteiger partial charge in [0.05, 0.1) is 5.56 Å². The number of amides is 1. The molecule has 1 aromatic carbocycles. The van der Waals surface area contributed by atoms with Crippen molar-refractivity contribution < 1.29 is 23.1 Å². The molecule has 0 saturated carbocycles. The molecule has 0 bridgehead atoms. The van der Waals surface area contributed by atoms with Crippen molar-refractivity contribution >= 4 is 17.7 Å². The van der Waals surface area contributed by atoms with Crippen molar-refractivity contribution in [1.29, 1.82) is 0 Å². The molecule has 110 valence electrons. The summed E-state index contributed by atoms with van der Waals surface area (Å²) >= 11 is 5.79. The van der Waals surface area contributed by atoms with Gasteiger partial charge in [-0.15, -0.1) is 0 Å². The molecule has 0 radical (unpaired) electrons. The van der Waals surface area contributed by atoms with Crippen molar-refractivity contribution in [1.82, 2.24) is 4.90 Å². The number of alkyl halides is 3. The molecule has 1 amide bonds. The lowest BCUT2D eigenvalue weighted by molar-refractivity contribution is -0.138. The van der Waals surface area contributed by atoms with Crippen molar-refractivity contribution in [3.63, 3.8) is 0 Å². The van der Waals surface area contributed by atoms with E-state index in [-0.39, 0.29) is 29.6 Å². The number of piperidine rings is 1. The second kappa shape index (κ2) is 5.52. The van der Waals surface area contributed by atoms with Crippen LogP contribution in [0.15, 0.2) is 18.2 Å². The van der Waals surface area contributed by atoms with Gasteiger partial charge >= 0.3 is 12.3 Å². The second-order valence-corrected chi connectivity index (χ2v) is 5.21. The van der Waals surface area contributed by atoms with E-state index in [0.717, 1.165) is 6.07 Å². The summed E-state index contributed by atoms with van der Waals surface area (Å²) in [5.74, 6) is -0.319. The third-order valence-corrected chi connectivity index (χ3v) is 3.76. The number of carbonyl (C=O) groups is 1. The first-order chi connectivity index (χ1) is 9.29. The normalized spacial score (nSPS) is 17.3. The van der Waals surface area contributed by atoms with Gasteiger partial charge in [-0.25, -0.2) is 4.79 Å². The zero-order chi connectivity index (χ0) is 14.9. The molecule has 0 atom stereocenters. The quantitative estimate of drug-likeness (QED) is 0.844. The minimum absolute atomic E-state index is 0.162. The van der Waals surface area contributed by atoms with Crippen LogP contribution in [-0.2, 0) is 6.18 Å². The van der Waals surface area contributed by atoms with Gasteiger partial charge in [-0.05, 0) is 42.5 Å². The molecule has 20 heavy (non-hydrogen) atoms. The van der Waals surface area contributed by atoms with Crippen LogP contribution >= 0.6 is 11.6 Å². The molecule has 1 aliphatic rings. The Morgan fingerprint density at radius 2 is 1.90 bits per heavy atom. The molecule has 1 heterocycles. The molecule has 0 aromatic heterocycles. The number of carboxylic acid groups (broad SMARTS) is 1. The van der Waals surface area contributed by atoms with Crippen LogP contribution in [0.25, 0.3) is 0 Å². The lowest BCUT2D eigenvalue weighted by Gasteiger charge is -2.31. The van der Waals surface area contributed by atoms with Crippen LogP contribution in [0.3, 0.4) is 0 Å². The lowest BCUT2D eigenvalue weighted by Crippen LogP contribution is -2.37. The molecule has 1 saturated heterocycles. The monoisotopic (exact) mass is 307 g/mol. The topological polar surface area (TPSA) is 40.5 Å². The van der Waals surface area contributed by atoms with E-state index in [1.54, 1.807) is 0 Å². The van der Waals surface area contributed by atoms with Crippen molar-refractivity contribution in [3.8, 4) is 0 Å². The first-order valence-electron chi connectivity index (χ1n) is 6.13. The van der Waals surface area contributed by atoms with Crippen LogP contribution in [-0.4, -0.2) is 29.2 Å². The number of halogens is 4. The predicted molar refractivity (Wildman–Crippen MR) is 68.0 cm³/mol. The average Bonchev–Trinajstić information content (AvgIpc) is 2.37. The third-order valence-electron chi connectivity index (χ3n) is 3.52. The number of hydrogen-bond acceptors (Lipinski definition) is 1. The fourth-order valence-electron chi connectivity index (χ4n) is 2.51. The molecule has 1 N–H and O–H groups in total. The summed E-state index contributed by atoms with van der Waals surface area (Å²) in [6.45, 7) is 0.480. The Kier molecular flexibility index (Phi) is 4.13. The first-order valence-corrected chi connectivity index (χ1v) is 6.51. The van der Waals surface area contributed by atoms with Crippen LogP contribution in [0.5, 0.6) is 0 Å². The maximum absolute atomic E-state index is 13.0. The Morgan fingerprint density at radius 3 is 2.40 bits per heavy atom. The minimum Gasteiger partial charge on any atom is -0.465 e. The Labute approximate surface area is 118 Å². The molecule has 3 nitrogen and oxygen atoms in total. The fourth-order valence-corrected chi connectivity index (χ4v) is 2.69. The van der Waals surface area contributed by atoms with Crippen LogP contribution in [0.1, 0.15) is 29.9 Å². The summed E-state index contributed by atoms with van der Waals surface area (Å²) in [5, 5.41) is 9.11. The molecule has 0 aliphatic carbocycles. The van der Waals surface area contributed by atoms with Crippen LogP contribution < -0.4 is 0 Å². The summed E-state index contributed by atoms with van der Waals surface area (Å²) in [5.41, 5.74) is -0.522. The molecule has 2 rings (SSSR count). The van der Waals surface area contributed by atoms with Gasteiger partial charge in [-0.2, -0.15) is 13.2 Å². The van der Waals surface area contributed by atoms with Crippen molar-refractivity contribution in [2.24, 2.45) is 0 Å². The molecule has 0 spiro atoms. The van der Waals surface area contributed by atoms with Crippen LogP contribution in [0.2, 0.25) is 5.02 Å². The van der Waals surface area contributed by atoms with Gasteiger partial charge < -0.3 is 10.0 Å². The van der Waals surface area contributed by atoms with E-state index in [0.29, 0.717) is 12.8 Å². The number of rotatable bonds is 1. The van der Waals surface area contributed by atoms with E-state index in [1.165, 1.54) is 17.0 Å². The predicted octanol–water partition coefficient (Wildman–Crippen LogP) is 4.22. The van der Waals surface area contributed by atoms with Gasteiger partial charge in [0, 0.05) is 18.1 Å². The summed E-state index contributed by atoms with van der Waals surface area (Å²) in [4.78, 5) is 12.0. The maximum Gasteiger partial charge on any atom is 0.416 e. The molecule has 0 unspecified atom stereocenters. The lowest BCUT2D eigenvalue weighted by atomic mass is 9.86. The molecular formula is C13H13ClF3NO2. The molecular weight excluding hydrogens is 295 g/mol. The summed E-state index contributed by atoms with van der Waals surface area (Å²) < 4.78 is 39.0. The van der Waals surface area contributed by atoms with Gasteiger partial charge in [-0.3, -0.25) is 0 Å². The van der Waals surface area contributed by atoms with E-state index in [4.69, 9.17) is 16.7 Å². The van der Waals surface area contributed by atoms with Crippen molar-refractivity contribution in [2.75, 3.05) is 13.1 Å². The molecule has 1 fully saturated rings. The fraction of sp³-hybridized carbons (Fsp3) is 0.462. The van der Waals surface area contributed by atoms with Crippen LogP contribution in [0.4, 0.5) is 18.0 Å². The number of likely N-dealkylation sites (tertiary alicyclic amines) is 1. The maximum atomic E-state index is 13.0. The molecule has 1 aromatic rings. The zero-order valence-corrected chi connectivity index (χ0v) is 11.2. The Hall–Kier alpha value is -1.43. The highest BCUT2D eigenvalue weighted by atomic mass is 35.5. The van der Waals surface area contributed by atoms with E-state index in [1.807, 2.05) is 0 Å². The number of hydrogen-bond donors (Lipinski definition) is 1. The van der Waals surface area contributed by atoms with Crippen molar-refractivity contribution in [3.05, 3.63) is 34.3 Å². The summed E-state index contributed by atoms with van der Waals surface area (Å²) in [6, 6.07) is 3.55. The van der Waals surface area contributed by atoms with Gasteiger partial charge in [0.15, 0.2) is 0 Å². The number of nitrogens with zero attached hydrogens (tertiary/aromatic N) is 1. The summed E-state index contributed by atoms with van der Waals surface area (Å²) in [7, 11) is 0. The van der Waals surface area contributed by atoms with Gasteiger partial charge in [0.2, 0.25) is 0 Å². The summed E-state index contributed by atoms with van der Waals surface area (Å²) in [6.07, 6.45) is -4.72. The Bertz CT molecular complexity index is 511. The van der Waals surface area contributed by atoms with Crippen LogP contribution in [0, 0.1) is 0 Å². The van der Waals surface area contributed by atoms with E-state index < -0.39 is 17.8 Å². The standard InChI is InChI=1S/C13H13ClF3NO2/c14-9-1-2-11(13(15,16)17)10(7-9)8-3-5-18(6-4-8)12(19)20/h1-2,7-8H,3-6H2,(H,19,20). The SMILES string of the molecule is O=C(O)N1CCC(c2cc(Cl)ccc2C(F)(F)F)CC1. The first kappa shape index (κ1) is 15.0. The highest BCUT2D eigenvalue weighted by Gasteiger charge is 2.36. The second-order valence-electron chi connectivity index (χ2n) is 4.77. The minimum atomic E-state index is -4.43. The largest absolute Gasteiger partial charge is 0.465 e. The van der Waals surface area contributed by atoms with E-state index in [9.17, 15) is 18.0 Å². The highest BCUT2D eigenvalue weighted by molar-refractivity contribution is 6.30. The molecule has 7 heteroatoms. The Morgan fingerprint density at radius 1 is 1.30 bits per heavy atom. The van der Waals surface area contributed by atoms with Gasteiger partial charge in [0.1, 0.15) is 0 Å². The zero-order valence-electron chi connectivity index (χ0n) is 10.5. The number of benzene rings is 1. The Balaban J connectivity index is 2.25. The van der Waals surface area contributed by atoms with E-state index >= 15 is 0 Å². The average molecular weight is 308 g/mol. The van der Waals surface area contributed by atoms with Gasteiger partial charge in [0.25, 0.3) is 0 Å². The smallest absolute Gasteiger partial charge is 0.416 e. The third kappa shape index (κ3) is 3.17. The van der Waals surface area contributed by atoms with Gasteiger partial charge in [-0.1, -0.05) is 11.6 Å². The van der Waals surface area contributed by atoms with E-state index in [2.05, 4.69) is 0 Å². The molecule has 1 aliphatic heterocycles. The van der Waals surface area contributed by atoms with Crippen molar-refractivity contribution in [2.45, 2.75) is 24.9 Å².